The van der Waals surface area contributed by atoms with Gasteiger partial charge in [0.1, 0.15) is 11.6 Å². The first-order chi connectivity index (χ1) is 6.97. The predicted molar refractivity (Wildman–Crippen MR) is 52.5 cm³/mol. The van der Waals surface area contributed by atoms with Gasteiger partial charge in [-0.1, -0.05) is 11.6 Å². The van der Waals surface area contributed by atoms with E-state index >= 15 is 0 Å². The van der Waals surface area contributed by atoms with Crippen LogP contribution in [-0.4, -0.2) is 22.7 Å². The molecule has 0 aromatic heterocycles. The Hall–Kier alpha value is -1.33. The molecule has 0 saturated heterocycles. The highest BCUT2D eigenvalue weighted by Crippen LogP contribution is 2.33. The van der Waals surface area contributed by atoms with Gasteiger partial charge < -0.3 is 15.9 Å². The maximum absolute atomic E-state index is 12.9. The summed E-state index contributed by atoms with van der Waals surface area (Å²) in [5.74, 6) is -3.57. The number of nitrogens with two attached hydrogens (primary N) is 1. The van der Waals surface area contributed by atoms with E-state index in [0.29, 0.717) is 0 Å². The Morgan fingerprint density at radius 1 is 1.60 bits per heavy atom. The Bertz CT molecular complexity index is 397. The van der Waals surface area contributed by atoms with Crippen LogP contribution in [0.2, 0.25) is 5.02 Å². The van der Waals surface area contributed by atoms with Crippen molar-refractivity contribution in [1.29, 1.82) is 0 Å². The molecule has 0 heterocycles. The average Bonchev–Trinajstić information content (AvgIpc) is 2.13. The summed E-state index contributed by atoms with van der Waals surface area (Å²) in [6, 6.07) is 1.81. The fraction of sp³-hybridized carbons (Fsp3) is 0.222. The lowest BCUT2D eigenvalue weighted by atomic mass is 9.98. The molecule has 15 heavy (non-hydrogen) atoms. The fourth-order valence-electron chi connectivity index (χ4n) is 1.21. The quantitative estimate of drug-likeness (QED) is 0.735. The highest BCUT2D eigenvalue weighted by atomic mass is 35.5. The molecule has 0 bridgehead atoms. The van der Waals surface area contributed by atoms with Crippen molar-refractivity contribution in [2.75, 3.05) is 6.54 Å². The van der Waals surface area contributed by atoms with Crippen LogP contribution in [0.3, 0.4) is 0 Å². The third-order valence-corrected chi connectivity index (χ3v) is 2.25. The van der Waals surface area contributed by atoms with Crippen LogP contribution in [0.4, 0.5) is 4.39 Å². The molecule has 1 atom stereocenters. The van der Waals surface area contributed by atoms with Crippen molar-refractivity contribution < 1.29 is 19.4 Å². The number of phenolic OH excluding ortho intramolecular Hbond substituents is 1. The number of carboxylic acid groups (broad SMARTS) is 1. The number of aromatic hydroxyl groups is 1. The normalized spacial score (nSPS) is 12.5. The number of carbonyl (C=O) groups is 1. The molecular formula is C9H9ClFNO3. The van der Waals surface area contributed by atoms with Gasteiger partial charge in [0.15, 0.2) is 0 Å². The Labute approximate surface area is 90.1 Å². The summed E-state index contributed by atoms with van der Waals surface area (Å²) in [5, 5.41) is 18.0. The highest BCUT2D eigenvalue weighted by Gasteiger charge is 2.23. The van der Waals surface area contributed by atoms with Crippen LogP contribution in [0.25, 0.3) is 0 Å². The summed E-state index contributed by atoms with van der Waals surface area (Å²) in [4.78, 5) is 10.7. The van der Waals surface area contributed by atoms with Crippen LogP contribution in [0.15, 0.2) is 12.1 Å². The van der Waals surface area contributed by atoms with Crippen molar-refractivity contribution in [2.45, 2.75) is 5.92 Å². The zero-order valence-corrected chi connectivity index (χ0v) is 8.33. The first kappa shape index (κ1) is 11.7. The monoisotopic (exact) mass is 233 g/mol. The number of benzene rings is 1. The van der Waals surface area contributed by atoms with Gasteiger partial charge in [-0.3, -0.25) is 4.79 Å². The molecule has 82 valence electrons. The molecule has 0 fully saturated rings. The second kappa shape index (κ2) is 4.46. The third kappa shape index (κ3) is 2.37. The highest BCUT2D eigenvalue weighted by molar-refractivity contribution is 6.32. The molecule has 0 amide bonds. The van der Waals surface area contributed by atoms with E-state index in [1.807, 2.05) is 0 Å². The molecular weight excluding hydrogens is 225 g/mol. The number of halogens is 2. The predicted octanol–water partition coefficient (Wildman–Crippen LogP) is 1.31. The second-order valence-electron chi connectivity index (χ2n) is 2.95. The molecule has 0 aliphatic carbocycles. The lowest BCUT2D eigenvalue weighted by Crippen LogP contribution is -2.21. The van der Waals surface area contributed by atoms with E-state index in [1.165, 1.54) is 0 Å². The van der Waals surface area contributed by atoms with Crippen LogP contribution < -0.4 is 5.73 Å². The van der Waals surface area contributed by atoms with Crippen molar-refractivity contribution in [1.82, 2.24) is 0 Å². The van der Waals surface area contributed by atoms with Gasteiger partial charge >= 0.3 is 5.97 Å². The summed E-state index contributed by atoms with van der Waals surface area (Å²) in [6.07, 6.45) is 0. The smallest absolute Gasteiger partial charge is 0.312 e. The molecule has 4 N–H and O–H groups in total. The van der Waals surface area contributed by atoms with Gasteiger partial charge in [-0.2, -0.15) is 0 Å². The minimum Gasteiger partial charge on any atom is -0.506 e. The summed E-state index contributed by atoms with van der Waals surface area (Å²) >= 11 is 5.50. The largest absolute Gasteiger partial charge is 0.506 e. The van der Waals surface area contributed by atoms with Crippen molar-refractivity contribution in [3.05, 3.63) is 28.5 Å². The van der Waals surface area contributed by atoms with Crippen molar-refractivity contribution >= 4 is 17.6 Å². The van der Waals surface area contributed by atoms with Crippen molar-refractivity contribution in [2.24, 2.45) is 5.73 Å². The van der Waals surface area contributed by atoms with E-state index in [2.05, 4.69) is 0 Å². The zero-order chi connectivity index (χ0) is 11.6. The lowest BCUT2D eigenvalue weighted by molar-refractivity contribution is -0.138. The molecule has 4 nitrogen and oxygen atoms in total. The maximum atomic E-state index is 12.9. The molecule has 1 rings (SSSR count). The Morgan fingerprint density at radius 3 is 2.67 bits per heavy atom. The van der Waals surface area contributed by atoms with Crippen molar-refractivity contribution in [3.63, 3.8) is 0 Å². The number of aliphatic carboxylic acids is 1. The van der Waals surface area contributed by atoms with Gasteiger partial charge in [0, 0.05) is 12.1 Å². The number of phenols is 1. The van der Waals surface area contributed by atoms with Crippen molar-refractivity contribution in [3.8, 4) is 5.75 Å². The van der Waals surface area contributed by atoms with E-state index in [-0.39, 0.29) is 17.1 Å². The molecule has 1 unspecified atom stereocenters. The van der Waals surface area contributed by atoms with Crippen LogP contribution in [0.5, 0.6) is 5.75 Å². The SMILES string of the molecule is NCC(C(=O)O)c1cc(F)cc(Cl)c1O. The molecule has 6 heteroatoms. The second-order valence-corrected chi connectivity index (χ2v) is 3.36. The van der Waals surface area contributed by atoms with Gasteiger partial charge in [0.05, 0.1) is 10.9 Å². The summed E-state index contributed by atoms with van der Waals surface area (Å²) < 4.78 is 12.9. The summed E-state index contributed by atoms with van der Waals surface area (Å²) in [6.45, 7) is -0.247. The summed E-state index contributed by atoms with van der Waals surface area (Å²) in [7, 11) is 0. The molecule has 0 spiro atoms. The van der Waals surface area contributed by atoms with Gasteiger partial charge in [0.25, 0.3) is 0 Å². The number of rotatable bonds is 3. The zero-order valence-electron chi connectivity index (χ0n) is 7.58. The number of carboxylic acids is 1. The third-order valence-electron chi connectivity index (χ3n) is 1.97. The van der Waals surface area contributed by atoms with Gasteiger partial charge in [-0.15, -0.1) is 0 Å². The van der Waals surface area contributed by atoms with E-state index in [0.717, 1.165) is 12.1 Å². The van der Waals surface area contributed by atoms with E-state index < -0.39 is 23.5 Å². The first-order valence-corrected chi connectivity index (χ1v) is 4.46. The Morgan fingerprint density at radius 2 is 2.20 bits per heavy atom. The van der Waals surface area contributed by atoms with E-state index in [4.69, 9.17) is 22.4 Å². The molecule has 1 aromatic rings. The van der Waals surface area contributed by atoms with Gasteiger partial charge in [-0.25, -0.2) is 4.39 Å². The van der Waals surface area contributed by atoms with Gasteiger partial charge in [-0.05, 0) is 12.1 Å². The standard InChI is InChI=1S/C9H9ClFNO3/c10-7-2-4(11)1-5(8(7)13)6(3-12)9(14)15/h1-2,6,13H,3,12H2,(H,14,15). The number of hydrogen-bond acceptors (Lipinski definition) is 3. The summed E-state index contributed by atoms with van der Waals surface area (Å²) in [5.41, 5.74) is 5.10. The molecule has 0 saturated carbocycles. The maximum Gasteiger partial charge on any atom is 0.312 e. The lowest BCUT2D eigenvalue weighted by Gasteiger charge is -2.12. The number of hydrogen-bond donors (Lipinski definition) is 3. The van der Waals surface area contributed by atoms with Crippen LogP contribution >= 0.6 is 11.6 Å². The Balaban J connectivity index is 3.28. The van der Waals surface area contributed by atoms with Crippen LogP contribution in [0.1, 0.15) is 11.5 Å². The fourth-order valence-corrected chi connectivity index (χ4v) is 1.43. The van der Waals surface area contributed by atoms with E-state index in [1.54, 1.807) is 0 Å². The van der Waals surface area contributed by atoms with Crippen LogP contribution in [-0.2, 0) is 4.79 Å². The Kier molecular flexibility index (Phi) is 3.49. The molecule has 0 aliphatic rings. The first-order valence-electron chi connectivity index (χ1n) is 4.08. The minimum absolute atomic E-state index is 0.116. The van der Waals surface area contributed by atoms with E-state index in [9.17, 15) is 14.3 Å². The molecule has 0 radical (unpaired) electrons. The van der Waals surface area contributed by atoms with Gasteiger partial charge in [0.2, 0.25) is 0 Å². The molecule has 1 aromatic carbocycles. The minimum atomic E-state index is -1.24. The van der Waals surface area contributed by atoms with Crippen LogP contribution in [0, 0.1) is 5.82 Å². The molecule has 0 aliphatic heterocycles. The topological polar surface area (TPSA) is 83.6 Å². The average molecular weight is 234 g/mol.